The third-order valence-corrected chi connectivity index (χ3v) is 7.27. The lowest BCUT2D eigenvalue weighted by Gasteiger charge is -2.13. The van der Waals surface area contributed by atoms with E-state index in [1.54, 1.807) is 18.0 Å². The zero-order valence-electron chi connectivity index (χ0n) is 20.2. The molecule has 0 unspecified atom stereocenters. The SMILES string of the molecule is C[C@H](CNC(=O)c1ccc(Cn2c(SCc3ccccc3)nc3ccncc32)cc1)c1ccccc1. The highest BCUT2D eigenvalue weighted by atomic mass is 32.2. The van der Waals surface area contributed by atoms with E-state index in [2.05, 4.69) is 58.2 Å². The molecule has 1 N–H and O–H groups in total. The maximum atomic E-state index is 12.7. The molecule has 0 aliphatic rings. The Morgan fingerprint density at radius 2 is 1.64 bits per heavy atom. The minimum Gasteiger partial charge on any atom is -0.351 e. The van der Waals surface area contributed by atoms with Crippen LogP contribution in [0.1, 0.15) is 39.9 Å². The summed E-state index contributed by atoms with van der Waals surface area (Å²) in [6.45, 7) is 3.38. The largest absolute Gasteiger partial charge is 0.351 e. The molecule has 0 fully saturated rings. The Bertz CT molecular complexity index is 1430. The van der Waals surface area contributed by atoms with Crippen molar-refractivity contribution in [3.05, 3.63) is 126 Å². The minimum absolute atomic E-state index is 0.0549. The first kappa shape index (κ1) is 23.8. The molecule has 0 saturated carbocycles. The van der Waals surface area contributed by atoms with Crippen molar-refractivity contribution in [2.45, 2.75) is 30.3 Å². The average Bonchev–Trinajstić information content (AvgIpc) is 3.29. The number of nitrogens with zero attached hydrogens (tertiary/aromatic N) is 3. The van der Waals surface area contributed by atoms with Crippen LogP contribution in [0.5, 0.6) is 0 Å². The number of nitrogens with one attached hydrogen (secondary N) is 1. The fourth-order valence-electron chi connectivity index (χ4n) is 4.12. The summed E-state index contributed by atoms with van der Waals surface area (Å²) in [5.74, 6) is 1.04. The molecule has 5 aromatic rings. The van der Waals surface area contributed by atoms with Gasteiger partial charge in [0, 0.05) is 24.1 Å². The Morgan fingerprint density at radius 1 is 0.917 bits per heavy atom. The van der Waals surface area contributed by atoms with Gasteiger partial charge in [-0.25, -0.2) is 4.98 Å². The molecule has 1 atom stereocenters. The number of imidazole rings is 1. The van der Waals surface area contributed by atoms with Crippen LogP contribution in [0.3, 0.4) is 0 Å². The van der Waals surface area contributed by atoms with Gasteiger partial charge in [-0.2, -0.15) is 0 Å². The summed E-state index contributed by atoms with van der Waals surface area (Å²) in [5, 5.41) is 4.02. The van der Waals surface area contributed by atoms with Crippen LogP contribution < -0.4 is 5.32 Å². The van der Waals surface area contributed by atoms with E-state index in [0.29, 0.717) is 18.7 Å². The van der Waals surface area contributed by atoms with Gasteiger partial charge < -0.3 is 9.88 Å². The van der Waals surface area contributed by atoms with E-state index in [1.807, 2.05) is 60.8 Å². The van der Waals surface area contributed by atoms with Crippen LogP contribution in [0.2, 0.25) is 0 Å². The predicted octanol–water partition coefficient (Wildman–Crippen LogP) is 6.31. The molecule has 5 nitrogen and oxygen atoms in total. The first-order valence-electron chi connectivity index (χ1n) is 12.1. The maximum Gasteiger partial charge on any atom is 0.251 e. The van der Waals surface area contributed by atoms with E-state index < -0.39 is 0 Å². The lowest BCUT2D eigenvalue weighted by Crippen LogP contribution is -2.27. The number of aromatic nitrogens is 3. The van der Waals surface area contributed by atoms with Crippen molar-refractivity contribution < 1.29 is 4.79 Å². The zero-order valence-corrected chi connectivity index (χ0v) is 21.0. The van der Waals surface area contributed by atoms with Gasteiger partial charge in [0.25, 0.3) is 5.91 Å². The number of pyridine rings is 1. The van der Waals surface area contributed by atoms with Gasteiger partial charge in [0.1, 0.15) is 0 Å². The number of thioether (sulfide) groups is 1. The van der Waals surface area contributed by atoms with Crippen molar-refractivity contribution in [2.24, 2.45) is 0 Å². The van der Waals surface area contributed by atoms with Gasteiger partial charge >= 0.3 is 0 Å². The Morgan fingerprint density at radius 3 is 2.39 bits per heavy atom. The number of rotatable bonds is 9. The van der Waals surface area contributed by atoms with Crippen LogP contribution >= 0.6 is 11.8 Å². The molecule has 6 heteroatoms. The number of carbonyl (C=O) groups excluding carboxylic acids is 1. The highest BCUT2D eigenvalue weighted by Crippen LogP contribution is 2.27. The van der Waals surface area contributed by atoms with Crippen molar-refractivity contribution in [3.8, 4) is 0 Å². The molecule has 2 heterocycles. The first-order valence-corrected chi connectivity index (χ1v) is 13.0. The van der Waals surface area contributed by atoms with Crippen molar-refractivity contribution in [1.29, 1.82) is 0 Å². The predicted molar refractivity (Wildman–Crippen MR) is 146 cm³/mol. The van der Waals surface area contributed by atoms with Crippen molar-refractivity contribution >= 4 is 28.7 Å². The van der Waals surface area contributed by atoms with Gasteiger partial charge in [0.05, 0.1) is 23.8 Å². The topological polar surface area (TPSA) is 59.8 Å². The zero-order chi connectivity index (χ0) is 24.7. The number of fused-ring (bicyclic) bond motifs is 1. The molecule has 0 saturated heterocycles. The summed E-state index contributed by atoms with van der Waals surface area (Å²) >= 11 is 1.72. The third kappa shape index (κ3) is 5.66. The average molecular weight is 493 g/mol. The normalized spacial score (nSPS) is 11.9. The molecule has 0 aliphatic heterocycles. The summed E-state index contributed by atoms with van der Waals surface area (Å²) in [4.78, 5) is 21.9. The minimum atomic E-state index is -0.0549. The lowest BCUT2D eigenvalue weighted by molar-refractivity contribution is 0.0951. The Hall–Kier alpha value is -3.90. The highest BCUT2D eigenvalue weighted by Gasteiger charge is 2.13. The van der Waals surface area contributed by atoms with Gasteiger partial charge in [-0.1, -0.05) is 91.5 Å². The van der Waals surface area contributed by atoms with Crippen molar-refractivity contribution in [1.82, 2.24) is 19.9 Å². The monoisotopic (exact) mass is 492 g/mol. The van der Waals surface area contributed by atoms with Crippen molar-refractivity contribution in [3.63, 3.8) is 0 Å². The maximum absolute atomic E-state index is 12.7. The van der Waals surface area contributed by atoms with E-state index in [-0.39, 0.29) is 11.8 Å². The summed E-state index contributed by atoms with van der Waals surface area (Å²) in [7, 11) is 0. The van der Waals surface area contributed by atoms with E-state index in [0.717, 1.165) is 27.5 Å². The second-order valence-corrected chi connectivity index (χ2v) is 9.78. The summed E-state index contributed by atoms with van der Waals surface area (Å²) in [5.41, 5.74) is 6.19. The van der Waals surface area contributed by atoms with E-state index in [4.69, 9.17) is 4.98 Å². The smallest absolute Gasteiger partial charge is 0.251 e. The van der Waals surface area contributed by atoms with Gasteiger partial charge in [0.2, 0.25) is 0 Å². The fraction of sp³-hybridized carbons (Fsp3) is 0.167. The van der Waals surface area contributed by atoms with E-state index in [1.165, 1.54) is 11.1 Å². The third-order valence-electron chi connectivity index (χ3n) is 6.22. The number of hydrogen-bond donors (Lipinski definition) is 1. The summed E-state index contributed by atoms with van der Waals surface area (Å²) in [6.07, 6.45) is 3.64. The van der Waals surface area contributed by atoms with Gasteiger partial charge in [0.15, 0.2) is 5.16 Å². The van der Waals surface area contributed by atoms with Crippen LogP contribution in [0.25, 0.3) is 11.0 Å². The molecular weight excluding hydrogens is 464 g/mol. The number of amides is 1. The molecule has 0 aliphatic carbocycles. The molecule has 5 rings (SSSR count). The van der Waals surface area contributed by atoms with Gasteiger partial charge in [-0.15, -0.1) is 0 Å². The second kappa shape index (κ2) is 11.2. The van der Waals surface area contributed by atoms with E-state index in [9.17, 15) is 4.79 Å². The Kier molecular flexibility index (Phi) is 7.43. The Balaban J connectivity index is 1.27. The molecule has 2 aromatic heterocycles. The van der Waals surface area contributed by atoms with Gasteiger partial charge in [-0.3, -0.25) is 9.78 Å². The molecule has 0 spiro atoms. The molecule has 1 amide bonds. The van der Waals surface area contributed by atoms with Crippen LogP contribution in [-0.4, -0.2) is 27.0 Å². The van der Waals surface area contributed by atoms with E-state index >= 15 is 0 Å². The molecular formula is C30H28N4OS. The van der Waals surface area contributed by atoms with Crippen LogP contribution in [0.15, 0.2) is 109 Å². The number of hydrogen-bond acceptors (Lipinski definition) is 4. The number of benzene rings is 3. The lowest BCUT2D eigenvalue weighted by atomic mass is 10.0. The fourth-order valence-corrected chi connectivity index (χ4v) is 5.09. The summed E-state index contributed by atoms with van der Waals surface area (Å²) in [6, 6.07) is 30.4. The second-order valence-electron chi connectivity index (χ2n) is 8.84. The molecule has 0 bridgehead atoms. The molecule has 36 heavy (non-hydrogen) atoms. The molecule has 3 aromatic carbocycles. The standard InChI is InChI=1S/C30H28N4OS/c1-22(25-10-6-3-7-11-25)18-32-29(35)26-14-12-23(13-15-26)20-34-28-19-31-17-16-27(28)33-30(34)36-21-24-8-4-2-5-9-24/h2-17,19,22H,18,20-21H2,1H3,(H,32,35)/t22-/m1/s1. The van der Waals surface area contributed by atoms with Crippen LogP contribution in [0.4, 0.5) is 0 Å². The summed E-state index contributed by atoms with van der Waals surface area (Å²) < 4.78 is 2.20. The quantitative estimate of drug-likeness (QED) is 0.245. The number of carbonyl (C=O) groups is 1. The van der Waals surface area contributed by atoms with Gasteiger partial charge in [-0.05, 0) is 40.8 Å². The highest BCUT2D eigenvalue weighted by molar-refractivity contribution is 7.98. The molecule has 0 radical (unpaired) electrons. The molecule has 180 valence electrons. The van der Waals surface area contributed by atoms with Crippen molar-refractivity contribution in [2.75, 3.05) is 6.54 Å². The van der Waals surface area contributed by atoms with Crippen LogP contribution in [-0.2, 0) is 12.3 Å². The first-order chi connectivity index (χ1) is 17.7. The van der Waals surface area contributed by atoms with Crippen LogP contribution in [0, 0.1) is 0 Å². The Labute approximate surface area is 215 Å².